The number of aromatic nitrogens is 1. The lowest BCUT2D eigenvalue weighted by atomic mass is 10.1. The summed E-state index contributed by atoms with van der Waals surface area (Å²) in [6.07, 6.45) is 0. The van der Waals surface area contributed by atoms with Crippen LogP contribution in [0.4, 0.5) is 0 Å². The van der Waals surface area contributed by atoms with Crippen LogP contribution in [0.2, 0.25) is 5.02 Å². The third-order valence-corrected chi connectivity index (χ3v) is 8.88. The number of sulfonamides is 1. The predicted octanol–water partition coefficient (Wildman–Crippen LogP) is 5.29. The molecule has 0 spiro atoms. The highest BCUT2D eigenvalue weighted by molar-refractivity contribution is 7.89. The topological polar surface area (TPSA) is 79.4 Å². The van der Waals surface area contributed by atoms with Crippen molar-refractivity contribution in [1.29, 1.82) is 0 Å². The minimum Gasteiger partial charge on any atom is -0.345 e. The number of hydrogen-bond acceptors (Lipinski definition) is 5. The highest BCUT2D eigenvalue weighted by atomic mass is 35.5. The summed E-state index contributed by atoms with van der Waals surface area (Å²) >= 11 is 7.77. The van der Waals surface area contributed by atoms with E-state index < -0.39 is 15.9 Å². The molecule has 1 heterocycles. The fourth-order valence-electron chi connectivity index (χ4n) is 3.41. The Morgan fingerprint density at radius 1 is 1.16 bits per heavy atom. The molecule has 1 unspecified atom stereocenters. The molecular formula is C23H26ClN3O3S2. The molecule has 1 aromatic heterocycles. The molecule has 0 saturated carbocycles. The van der Waals surface area contributed by atoms with Gasteiger partial charge in [0.05, 0.1) is 32.1 Å². The van der Waals surface area contributed by atoms with Gasteiger partial charge in [-0.05, 0) is 32.0 Å². The van der Waals surface area contributed by atoms with Crippen LogP contribution in [0.3, 0.4) is 0 Å². The summed E-state index contributed by atoms with van der Waals surface area (Å²) in [5, 5.41) is 4.01. The summed E-state index contributed by atoms with van der Waals surface area (Å²) in [5.41, 5.74) is 1.98. The van der Waals surface area contributed by atoms with Crippen molar-refractivity contribution in [2.75, 3.05) is 13.1 Å². The van der Waals surface area contributed by atoms with Crippen molar-refractivity contribution in [1.82, 2.24) is 14.6 Å². The molecule has 3 aromatic rings. The van der Waals surface area contributed by atoms with E-state index in [-0.39, 0.29) is 21.5 Å². The van der Waals surface area contributed by atoms with Gasteiger partial charge in [-0.15, -0.1) is 11.3 Å². The number of carbonyl (C=O) groups is 1. The van der Waals surface area contributed by atoms with E-state index >= 15 is 0 Å². The van der Waals surface area contributed by atoms with Gasteiger partial charge in [0.1, 0.15) is 5.01 Å². The number of benzene rings is 2. The number of nitrogens with one attached hydrogen (secondary N) is 1. The number of halogens is 1. The maximum Gasteiger partial charge on any atom is 0.253 e. The van der Waals surface area contributed by atoms with E-state index in [0.717, 1.165) is 21.1 Å². The van der Waals surface area contributed by atoms with Gasteiger partial charge in [-0.1, -0.05) is 55.8 Å². The number of hydrogen-bond donors (Lipinski definition) is 1. The van der Waals surface area contributed by atoms with Crippen molar-refractivity contribution in [3.63, 3.8) is 0 Å². The van der Waals surface area contributed by atoms with Gasteiger partial charge in [0.2, 0.25) is 10.0 Å². The minimum atomic E-state index is -3.70. The third kappa shape index (κ3) is 5.04. The first-order valence-electron chi connectivity index (χ1n) is 10.3. The lowest BCUT2D eigenvalue weighted by Gasteiger charge is -2.19. The summed E-state index contributed by atoms with van der Waals surface area (Å²) in [6.45, 7) is 8.01. The van der Waals surface area contributed by atoms with Gasteiger partial charge in [-0.3, -0.25) is 4.79 Å². The average Bonchev–Trinajstić information content (AvgIpc) is 3.17. The number of nitrogens with zero attached hydrogens (tertiary/aromatic N) is 2. The molecule has 0 saturated heterocycles. The van der Waals surface area contributed by atoms with Crippen molar-refractivity contribution in [3.05, 3.63) is 69.7 Å². The van der Waals surface area contributed by atoms with Crippen molar-refractivity contribution >= 4 is 38.9 Å². The summed E-state index contributed by atoms with van der Waals surface area (Å²) < 4.78 is 27.0. The maximum absolute atomic E-state index is 13.0. The van der Waals surface area contributed by atoms with E-state index in [1.54, 1.807) is 13.8 Å². The van der Waals surface area contributed by atoms with E-state index in [9.17, 15) is 13.2 Å². The molecule has 1 atom stereocenters. The van der Waals surface area contributed by atoms with Gasteiger partial charge in [-0.25, -0.2) is 13.4 Å². The fourth-order valence-corrected chi connectivity index (χ4v) is 6.17. The second-order valence-corrected chi connectivity index (χ2v) is 10.6. The molecular weight excluding hydrogens is 466 g/mol. The standard InChI is InChI=1S/C23H26ClN3O3S2/c1-5-27(6-2)32(29,30)18-12-13-20(24)19(14-18)22(28)25-15(3)21-16(4)26-23(31-21)17-10-8-7-9-11-17/h7-15H,5-6H2,1-4H3,(H,25,28). The number of rotatable bonds is 8. The molecule has 0 aliphatic carbocycles. The molecule has 0 aliphatic rings. The summed E-state index contributed by atoms with van der Waals surface area (Å²) in [7, 11) is -3.70. The third-order valence-electron chi connectivity index (χ3n) is 5.12. The van der Waals surface area contributed by atoms with Crippen LogP contribution in [0.15, 0.2) is 53.4 Å². The first-order valence-corrected chi connectivity index (χ1v) is 13.0. The first kappa shape index (κ1) is 24.4. The zero-order chi connectivity index (χ0) is 23.5. The summed E-state index contributed by atoms with van der Waals surface area (Å²) in [4.78, 5) is 18.6. The Morgan fingerprint density at radius 2 is 1.81 bits per heavy atom. The molecule has 3 rings (SSSR count). The van der Waals surface area contributed by atoms with Crippen LogP contribution in [0, 0.1) is 6.92 Å². The van der Waals surface area contributed by atoms with Gasteiger partial charge >= 0.3 is 0 Å². The highest BCUT2D eigenvalue weighted by Crippen LogP contribution is 2.32. The molecule has 9 heteroatoms. The Hall–Kier alpha value is -2.26. The van der Waals surface area contributed by atoms with E-state index in [2.05, 4.69) is 10.3 Å². The molecule has 32 heavy (non-hydrogen) atoms. The Balaban J connectivity index is 1.85. The van der Waals surface area contributed by atoms with Gasteiger partial charge in [0.15, 0.2) is 0 Å². The lowest BCUT2D eigenvalue weighted by molar-refractivity contribution is 0.0940. The second kappa shape index (κ2) is 10.1. The minimum absolute atomic E-state index is 0.0451. The zero-order valence-electron chi connectivity index (χ0n) is 18.4. The average molecular weight is 492 g/mol. The number of carbonyl (C=O) groups excluding carboxylic acids is 1. The van der Waals surface area contributed by atoms with Crippen LogP contribution < -0.4 is 5.32 Å². The van der Waals surface area contributed by atoms with Gasteiger partial charge < -0.3 is 5.32 Å². The fraction of sp³-hybridized carbons (Fsp3) is 0.304. The Morgan fingerprint density at radius 3 is 2.44 bits per heavy atom. The van der Waals surface area contributed by atoms with Crippen molar-refractivity contribution in [2.24, 2.45) is 0 Å². The Labute approximate surface area is 198 Å². The highest BCUT2D eigenvalue weighted by Gasteiger charge is 2.25. The zero-order valence-corrected chi connectivity index (χ0v) is 20.8. The number of aryl methyl sites for hydroxylation is 1. The molecule has 0 fully saturated rings. The van der Waals surface area contributed by atoms with E-state index in [4.69, 9.17) is 11.6 Å². The van der Waals surface area contributed by atoms with Crippen LogP contribution in [-0.4, -0.2) is 36.7 Å². The van der Waals surface area contributed by atoms with Crippen molar-refractivity contribution in [2.45, 2.75) is 38.6 Å². The van der Waals surface area contributed by atoms with Crippen LogP contribution in [0.1, 0.15) is 47.7 Å². The second-order valence-electron chi connectivity index (χ2n) is 7.26. The monoisotopic (exact) mass is 491 g/mol. The molecule has 0 radical (unpaired) electrons. The van der Waals surface area contributed by atoms with Crippen LogP contribution >= 0.6 is 22.9 Å². The molecule has 1 N–H and O–H groups in total. The number of amides is 1. The quantitative estimate of drug-likeness (QED) is 0.464. The largest absolute Gasteiger partial charge is 0.345 e. The first-order chi connectivity index (χ1) is 15.2. The Kier molecular flexibility index (Phi) is 7.71. The maximum atomic E-state index is 13.0. The molecule has 170 valence electrons. The van der Waals surface area contributed by atoms with Crippen molar-refractivity contribution < 1.29 is 13.2 Å². The Bertz CT molecular complexity index is 1210. The normalized spacial score (nSPS) is 12.7. The van der Waals surface area contributed by atoms with E-state index in [0.29, 0.717) is 13.1 Å². The SMILES string of the molecule is CCN(CC)S(=O)(=O)c1ccc(Cl)c(C(=O)NC(C)c2sc(-c3ccccc3)nc2C)c1. The van der Waals surface area contributed by atoms with Crippen molar-refractivity contribution in [3.8, 4) is 10.6 Å². The van der Waals surface area contributed by atoms with Gasteiger partial charge in [0, 0.05) is 18.7 Å². The predicted molar refractivity (Wildman–Crippen MR) is 130 cm³/mol. The lowest BCUT2D eigenvalue weighted by Crippen LogP contribution is -2.31. The number of thiazole rings is 1. The summed E-state index contributed by atoms with van der Waals surface area (Å²) in [6, 6.07) is 13.7. The molecule has 2 aromatic carbocycles. The smallest absolute Gasteiger partial charge is 0.253 e. The van der Waals surface area contributed by atoms with E-state index in [1.165, 1.54) is 33.8 Å². The van der Waals surface area contributed by atoms with Crippen LogP contribution in [0.25, 0.3) is 10.6 Å². The molecule has 0 bridgehead atoms. The van der Waals surface area contributed by atoms with E-state index in [1.807, 2.05) is 44.2 Å². The molecule has 6 nitrogen and oxygen atoms in total. The molecule has 1 amide bonds. The van der Waals surface area contributed by atoms with Crippen LogP contribution in [-0.2, 0) is 10.0 Å². The molecule has 0 aliphatic heterocycles. The summed E-state index contributed by atoms with van der Waals surface area (Å²) in [5.74, 6) is -0.437. The van der Waals surface area contributed by atoms with Gasteiger partial charge in [0.25, 0.3) is 5.91 Å². The van der Waals surface area contributed by atoms with Gasteiger partial charge in [-0.2, -0.15) is 4.31 Å². The van der Waals surface area contributed by atoms with Crippen LogP contribution in [0.5, 0.6) is 0 Å².